The van der Waals surface area contributed by atoms with E-state index >= 15 is 0 Å². The van der Waals surface area contributed by atoms with E-state index in [0.717, 1.165) is 0 Å². The summed E-state index contributed by atoms with van der Waals surface area (Å²) in [5.41, 5.74) is 0.134. The van der Waals surface area contributed by atoms with E-state index in [2.05, 4.69) is 4.74 Å². The summed E-state index contributed by atoms with van der Waals surface area (Å²) in [6, 6.07) is 0. The quantitative estimate of drug-likeness (QED) is 0.286. The molecular weight excluding hydrogens is 328 g/mol. The molecule has 0 atom stereocenters. The highest BCUT2D eigenvalue weighted by Gasteiger charge is 2.15. The van der Waals surface area contributed by atoms with Crippen molar-refractivity contribution in [3.63, 3.8) is 0 Å². The predicted octanol–water partition coefficient (Wildman–Crippen LogP) is 0.778. The highest BCUT2D eigenvalue weighted by Crippen LogP contribution is 2.01. The Morgan fingerprint density at radius 1 is 0.800 bits per heavy atom. The third kappa shape index (κ3) is 11.5. The molecule has 142 valence electrons. The number of Topliss-reactive ketones (excluding diaryl/α,β-unsaturated/α-hetero) is 2. The lowest BCUT2D eigenvalue weighted by molar-refractivity contribution is -0.140. The van der Waals surface area contributed by atoms with Gasteiger partial charge >= 0.3 is 11.9 Å². The average Bonchev–Trinajstić information content (AvgIpc) is 2.49. The third-order valence-electron chi connectivity index (χ3n) is 2.43. The normalized spacial score (nSPS) is 10.9. The zero-order chi connectivity index (χ0) is 20.2. The van der Waals surface area contributed by atoms with Gasteiger partial charge in [-0.2, -0.15) is 0 Å². The van der Waals surface area contributed by atoms with E-state index in [9.17, 15) is 19.2 Å². The second kappa shape index (κ2) is 12.7. The van der Waals surface area contributed by atoms with Gasteiger partial charge in [0.15, 0.2) is 11.6 Å². The molecule has 8 nitrogen and oxygen atoms in total. The predicted molar refractivity (Wildman–Crippen MR) is 93.6 cm³/mol. The Kier molecular flexibility index (Phi) is 12.5. The van der Waals surface area contributed by atoms with Crippen LogP contribution >= 0.6 is 0 Å². The molecule has 0 radical (unpaired) electrons. The standard InChI is InChI=1S/C9H15NO3.C8H13NO3/c1-5-13-9(12)8(7(2)11)6-10(3)4;1-6(10)7(5-9(2)3)8(11)12-4/h6H,5H2,1-4H3;5H,1-4H3/b8-6+;7-5+. The molecule has 8 heteroatoms. The number of hydrogen-bond acceptors (Lipinski definition) is 8. The van der Waals surface area contributed by atoms with Crippen molar-refractivity contribution < 1.29 is 28.7 Å². The largest absolute Gasteiger partial charge is 0.465 e. The van der Waals surface area contributed by atoms with Crippen LogP contribution in [0.2, 0.25) is 0 Å². The molecule has 0 rings (SSSR count). The first-order chi connectivity index (χ1) is 11.5. The van der Waals surface area contributed by atoms with E-state index in [4.69, 9.17) is 4.74 Å². The fraction of sp³-hybridized carbons (Fsp3) is 0.529. The van der Waals surface area contributed by atoms with Crippen LogP contribution in [0.1, 0.15) is 20.8 Å². The summed E-state index contributed by atoms with van der Waals surface area (Å²) >= 11 is 0. The van der Waals surface area contributed by atoms with Crippen molar-refractivity contribution >= 4 is 23.5 Å². The van der Waals surface area contributed by atoms with Gasteiger partial charge in [-0.15, -0.1) is 0 Å². The van der Waals surface area contributed by atoms with Gasteiger partial charge in [-0.05, 0) is 20.8 Å². The molecule has 0 aromatic carbocycles. The van der Waals surface area contributed by atoms with E-state index in [1.165, 1.54) is 33.4 Å². The number of carbonyl (C=O) groups excluding carboxylic acids is 4. The minimum Gasteiger partial charge on any atom is -0.465 e. The van der Waals surface area contributed by atoms with Crippen LogP contribution in [0.5, 0.6) is 0 Å². The van der Waals surface area contributed by atoms with Crippen molar-refractivity contribution in [1.82, 2.24) is 9.80 Å². The Morgan fingerprint density at radius 3 is 1.40 bits per heavy atom. The second-order valence-corrected chi connectivity index (χ2v) is 5.34. The van der Waals surface area contributed by atoms with Gasteiger partial charge in [0.2, 0.25) is 0 Å². The maximum Gasteiger partial charge on any atom is 0.343 e. The first-order valence-corrected chi connectivity index (χ1v) is 7.51. The summed E-state index contributed by atoms with van der Waals surface area (Å²) in [7, 11) is 8.18. The fourth-order valence-corrected chi connectivity index (χ4v) is 1.41. The van der Waals surface area contributed by atoms with Gasteiger partial charge in [-0.1, -0.05) is 0 Å². The van der Waals surface area contributed by atoms with Gasteiger partial charge in [-0.3, -0.25) is 9.59 Å². The molecule has 0 fully saturated rings. The first-order valence-electron chi connectivity index (χ1n) is 7.51. The van der Waals surface area contributed by atoms with Gasteiger partial charge in [0.25, 0.3) is 0 Å². The van der Waals surface area contributed by atoms with Crippen molar-refractivity contribution in [3.05, 3.63) is 23.5 Å². The van der Waals surface area contributed by atoms with Crippen LogP contribution in [0.3, 0.4) is 0 Å². The maximum atomic E-state index is 11.2. The Labute approximate surface area is 149 Å². The molecule has 0 aromatic rings. The molecule has 0 amide bonds. The van der Waals surface area contributed by atoms with Crippen molar-refractivity contribution in [2.75, 3.05) is 41.9 Å². The molecule has 0 bridgehead atoms. The molecule has 0 aliphatic carbocycles. The maximum absolute atomic E-state index is 11.2. The number of nitrogens with zero attached hydrogens (tertiary/aromatic N) is 2. The van der Waals surface area contributed by atoms with Crippen LogP contribution in [-0.4, -0.2) is 75.2 Å². The van der Waals surface area contributed by atoms with Gasteiger partial charge in [0.05, 0.1) is 13.7 Å². The Balaban J connectivity index is 0. The smallest absolute Gasteiger partial charge is 0.343 e. The third-order valence-corrected chi connectivity index (χ3v) is 2.43. The fourth-order valence-electron chi connectivity index (χ4n) is 1.41. The molecule has 0 aliphatic heterocycles. The summed E-state index contributed by atoms with van der Waals surface area (Å²) in [5.74, 6) is -1.75. The van der Waals surface area contributed by atoms with Crippen LogP contribution in [0.15, 0.2) is 23.5 Å². The number of ketones is 2. The lowest BCUT2D eigenvalue weighted by atomic mass is 10.2. The summed E-state index contributed by atoms with van der Waals surface area (Å²) < 4.78 is 9.13. The highest BCUT2D eigenvalue weighted by atomic mass is 16.5. The molecule has 0 saturated heterocycles. The zero-order valence-electron chi connectivity index (χ0n) is 16.2. The Hall–Kier alpha value is -2.64. The molecule has 0 aromatic heterocycles. The number of carbonyl (C=O) groups is 4. The summed E-state index contributed by atoms with van der Waals surface area (Å²) in [6.45, 7) is 4.64. The SMILES string of the molecule is CCOC(=O)/C(=C/N(C)C)C(C)=O.COC(=O)/C(=C/N(C)C)C(C)=O. The van der Waals surface area contributed by atoms with Crippen molar-refractivity contribution in [1.29, 1.82) is 0 Å². The molecule has 0 aliphatic rings. The van der Waals surface area contributed by atoms with E-state index in [0.29, 0.717) is 0 Å². The van der Waals surface area contributed by atoms with E-state index < -0.39 is 11.9 Å². The van der Waals surface area contributed by atoms with Gasteiger partial charge in [0.1, 0.15) is 11.1 Å². The van der Waals surface area contributed by atoms with Crippen molar-refractivity contribution in [2.45, 2.75) is 20.8 Å². The van der Waals surface area contributed by atoms with Gasteiger partial charge < -0.3 is 19.3 Å². The minimum absolute atomic E-state index is 0.0579. The van der Waals surface area contributed by atoms with E-state index in [1.807, 2.05) is 0 Å². The van der Waals surface area contributed by atoms with Crippen molar-refractivity contribution in [3.8, 4) is 0 Å². The monoisotopic (exact) mass is 356 g/mol. The number of rotatable bonds is 7. The van der Waals surface area contributed by atoms with E-state index in [-0.39, 0.29) is 29.3 Å². The molecular formula is C17H28N2O6. The minimum atomic E-state index is -0.601. The Bertz CT molecular complexity index is 547. The number of esters is 2. The van der Waals surface area contributed by atoms with Crippen LogP contribution in [0.4, 0.5) is 0 Å². The number of hydrogen-bond donors (Lipinski definition) is 0. The van der Waals surface area contributed by atoms with Crippen LogP contribution in [0.25, 0.3) is 0 Å². The van der Waals surface area contributed by atoms with Crippen LogP contribution in [0, 0.1) is 0 Å². The molecule has 0 unspecified atom stereocenters. The first kappa shape index (κ1) is 24.6. The highest BCUT2D eigenvalue weighted by molar-refractivity contribution is 6.16. The average molecular weight is 356 g/mol. The molecule has 0 saturated carbocycles. The summed E-state index contributed by atoms with van der Waals surface area (Å²) in [6.07, 6.45) is 2.90. The topological polar surface area (TPSA) is 93.2 Å². The molecule has 0 heterocycles. The zero-order valence-corrected chi connectivity index (χ0v) is 16.2. The van der Waals surface area contributed by atoms with Crippen LogP contribution in [-0.2, 0) is 28.7 Å². The van der Waals surface area contributed by atoms with E-state index in [1.54, 1.807) is 44.9 Å². The van der Waals surface area contributed by atoms with Crippen molar-refractivity contribution in [2.24, 2.45) is 0 Å². The lowest BCUT2D eigenvalue weighted by Gasteiger charge is -2.08. The molecule has 0 N–H and O–H groups in total. The molecule has 25 heavy (non-hydrogen) atoms. The summed E-state index contributed by atoms with van der Waals surface area (Å²) in [5, 5.41) is 0. The Morgan fingerprint density at radius 2 is 1.16 bits per heavy atom. The summed E-state index contributed by atoms with van der Waals surface area (Å²) in [4.78, 5) is 47.3. The van der Waals surface area contributed by atoms with Crippen LogP contribution < -0.4 is 0 Å². The lowest BCUT2D eigenvalue weighted by Crippen LogP contribution is -2.17. The number of ether oxygens (including phenoxy) is 2. The van der Waals surface area contributed by atoms with Gasteiger partial charge in [0, 0.05) is 40.6 Å². The molecule has 0 spiro atoms. The second-order valence-electron chi connectivity index (χ2n) is 5.34. The van der Waals surface area contributed by atoms with Gasteiger partial charge in [-0.25, -0.2) is 9.59 Å². The number of methoxy groups -OCH3 is 1.